The Morgan fingerprint density at radius 2 is 1.25 bits per heavy atom. The van der Waals surface area contributed by atoms with Crippen LogP contribution in [0, 0.1) is 16.4 Å². The first-order chi connectivity index (χ1) is 7.21. The molecule has 1 heteroatoms. The lowest BCUT2D eigenvalue weighted by Crippen LogP contribution is -2.34. The molecule has 0 heterocycles. The van der Waals surface area contributed by atoms with Crippen LogP contribution in [0.2, 0.25) is 5.54 Å². The van der Waals surface area contributed by atoms with Gasteiger partial charge in [-0.2, -0.15) is 0 Å². The summed E-state index contributed by atoms with van der Waals surface area (Å²) in [6.07, 6.45) is 7.37. The maximum atomic E-state index is 2.44. The van der Waals surface area contributed by atoms with E-state index in [1.54, 1.807) is 0 Å². The van der Waals surface area contributed by atoms with E-state index in [4.69, 9.17) is 0 Å². The van der Waals surface area contributed by atoms with E-state index in [2.05, 4.69) is 41.5 Å². The summed E-state index contributed by atoms with van der Waals surface area (Å²) < 4.78 is 0. The van der Waals surface area contributed by atoms with Gasteiger partial charge in [-0.1, -0.05) is 73.6 Å². The summed E-state index contributed by atoms with van der Waals surface area (Å²) in [6, 6.07) is 0. The van der Waals surface area contributed by atoms with Crippen molar-refractivity contribution < 1.29 is 0 Å². The third-order valence-corrected chi connectivity index (χ3v) is 8.29. The molecule has 1 fully saturated rings. The molecule has 0 aliphatic heterocycles. The van der Waals surface area contributed by atoms with Gasteiger partial charge in [0.1, 0.15) is 0 Å². The van der Waals surface area contributed by atoms with Gasteiger partial charge in [-0.25, -0.2) is 0 Å². The van der Waals surface area contributed by atoms with Crippen LogP contribution >= 0.6 is 0 Å². The van der Waals surface area contributed by atoms with Gasteiger partial charge in [-0.3, -0.25) is 0 Å². The molecule has 1 rings (SSSR count). The molecule has 0 N–H and O–H groups in total. The highest BCUT2D eigenvalue weighted by Crippen LogP contribution is 2.46. The number of rotatable bonds is 2. The van der Waals surface area contributed by atoms with Crippen molar-refractivity contribution in [2.75, 3.05) is 0 Å². The lowest BCUT2D eigenvalue weighted by Gasteiger charge is -2.43. The zero-order chi connectivity index (χ0) is 12.4. The molecule has 1 radical (unpaired) electrons. The van der Waals surface area contributed by atoms with Crippen LogP contribution in [0.1, 0.15) is 73.6 Å². The second-order valence-corrected chi connectivity index (χ2v) is 10.0. The van der Waals surface area contributed by atoms with Crippen molar-refractivity contribution in [2.24, 2.45) is 10.8 Å². The fourth-order valence-corrected chi connectivity index (χ4v) is 6.17. The summed E-state index contributed by atoms with van der Waals surface area (Å²) in [5.41, 5.74) is 3.93. The van der Waals surface area contributed by atoms with E-state index in [-0.39, 0.29) is 9.52 Å². The van der Waals surface area contributed by atoms with Crippen LogP contribution < -0.4 is 0 Å². The molecule has 0 aromatic heterocycles. The van der Waals surface area contributed by atoms with Gasteiger partial charge in [0.15, 0.2) is 0 Å². The van der Waals surface area contributed by atoms with Gasteiger partial charge < -0.3 is 0 Å². The Bertz CT molecular complexity index is 186. The first-order valence-electron chi connectivity index (χ1n) is 7.05. The molecule has 0 bridgehead atoms. The molecule has 0 unspecified atom stereocenters. The SMILES string of the molecule is CC(C)(C)C([SiH2][C]1CCCCC1)C(C)(C)C. The summed E-state index contributed by atoms with van der Waals surface area (Å²) in [7, 11) is -0.0122. The van der Waals surface area contributed by atoms with E-state index in [0.29, 0.717) is 10.8 Å². The Morgan fingerprint density at radius 1 is 0.812 bits per heavy atom. The second kappa shape index (κ2) is 5.24. The van der Waals surface area contributed by atoms with Crippen LogP contribution in [0.15, 0.2) is 0 Å². The smallest absolute Gasteiger partial charge is 0.0319 e. The van der Waals surface area contributed by atoms with Crippen molar-refractivity contribution in [2.45, 2.75) is 79.2 Å². The molecule has 1 aliphatic rings. The molecule has 0 spiro atoms. The Hall–Kier alpha value is 0.217. The Labute approximate surface area is 105 Å². The minimum absolute atomic E-state index is 0.0122. The monoisotopic (exact) mass is 239 g/mol. The van der Waals surface area contributed by atoms with Gasteiger partial charge in [0.25, 0.3) is 0 Å². The molecule has 95 valence electrons. The van der Waals surface area contributed by atoms with Crippen LogP contribution in [-0.4, -0.2) is 9.52 Å². The fourth-order valence-electron chi connectivity index (χ4n) is 3.46. The van der Waals surface area contributed by atoms with E-state index in [1.165, 1.54) is 32.1 Å². The van der Waals surface area contributed by atoms with Crippen LogP contribution in [0.4, 0.5) is 0 Å². The van der Waals surface area contributed by atoms with E-state index in [9.17, 15) is 0 Å². The van der Waals surface area contributed by atoms with Crippen molar-refractivity contribution in [1.29, 1.82) is 0 Å². The zero-order valence-corrected chi connectivity index (χ0v) is 13.7. The minimum atomic E-state index is -0.0122. The van der Waals surface area contributed by atoms with Gasteiger partial charge in [0.05, 0.1) is 0 Å². The Balaban J connectivity index is 2.63. The lowest BCUT2D eigenvalue weighted by molar-refractivity contribution is 0.231. The highest BCUT2D eigenvalue weighted by molar-refractivity contribution is 6.45. The molecule has 16 heavy (non-hydrogen) atoms. The highest BCUT2D eigenvalue weighted by Gasteiger charge is 2.36. The van der Waals surface area contributed by atoms with Gasteiger partial charge in [-0.05, 0) is 21.9 Å². The zero-order valence-electron chi connectivity index (χ0n) is 12.3. The first kappa shape index (κ1) is 14.3. The summed E-state index contributed by atoms with van der Waals surface area (Å²) >= 11 is 0. The van der Waals surface area contributed by atoms with E-state index >= 15 is 0 Å². The van der Waals surface area contributed by atoms with Gasteiger partial charge >= 0.3 is 0 Å². The van der Waals surface area contributed by atoms with Gasteiger partial charge in [0.2, 0.25) is 0 Å². The van der Waals surface area contributed by atoms with Crippen LogP contribution in [0.5, 0.6) is 0 Å². The predicted octanol–water partition coefficient (Wildman–Crippen LogP) is 4.53. The summed E-state index contributed by atoms with van der Waals surface area (Å²) in [5.74, 6) is 0. The topological polar surface area (TPSA) is 0 Å². The maximum absolute atomic E-state index is 2.44. The molecule has 0 saturated heterocycles. The molecule has 0 aromatic rings. The first-order valence-corrected chi connectivity index (χ1v) is 8.57. The van der Waals surface area contributed by atoms with Crippen LogP contribution in [0.3, 0.4) is 0 Å². The third-order valence-electron chi connectivity index (χ3n) is 4.14. The van der Waals surface area contributed by atoms with E-state index < -0.39 is 0 Å². The average molecular weight is 239 g/mol. The predicted molar refractivity (Wildman–Crippen MR) is 77.5 cm³/mol. The van der Waals surface area contributed by atoms with Crippen LogP contribution in [0.25, 0.3) is 0 Å². The molecule has 0 amide bonds. The third kappa shape index (κ3) is 4.23. The molecule has 0 nitrogen and oxygen atoms in total. The molecule has 0 atom stereocenters. The average Bonchev–Trinajstić information content (AvgIpc) is 2.12. The van der Waals surface area contributed by atoms with Crippen molar-refractivity contribution >= 4 is 9.52 Å². The Kier molecular flexibility index (Phi) is 4.68. The number of hydrogen-bond donors (Lipinski definition) is 0. The van der Waals surface area contributed by atoms with Crippen molar-refractivity contribution in [3.63, 3.8) is 0 Å². The van der Waals surface area contributed by atoms with Crippen molar-refractivity contribution in [3.8, 4) is 0 Å². The molecular weight excluding hydrogens is 208 g/mol. The Morgan fingerprint density at radius 3 is 1.62 bits per heavy atom. The molecule has 1 aliphatic carbocycles. The standard InChI is InChI=1S/C15H31Si/c1-14(2,3)13(15(4,5)6)16-12-10-8-7-9-11-12/h13H,7-11,16H2,1-6H3. The van der Waals surface area contributed by atoms with Crippen LogP contribution in [-0.2, 0) is 0 Å². The van der Waals surface area contributed by atoms with Crippen molar-refractivity contribution in [1.82, 2.24) is 0 Å². The summed E-state index contributed by atoms with van der Waals surface area (Å²) in [4.78, 5) is 0. The minimum Gasteiger partial charge on any atom is -0.0602 e. The molecular formula is C15H31Si. The lowest BCUT2D eigenvalue weighted by atomic mass is 9.76. The van der Waals surface area contributed by atoms with Crippen molar-refractivity contribution in [3.05, 3.63) is 5.54 Å². The number of hydrogen-bond acceptors (Lipinski definition) is 0. The second-order valence-electron chi connectivity index (χ2n) is 7.80. The molecule has 1 saturated carbocycles. The fraction of sp³-hybridized carbons (Fsp3) is 0.933. The van der Waals surface area contributed by atoms with Gasteiger partial charge in [0, 0.05) is 9.52 Å². The van der Waals surface area contributed by atoms with E-state index in [1.807, 2.05) is 5.54 Å². The largest absolute Gasteiger partial charge is 0.0602 e. The summed E-state index contributed by atoms with van der Waals surface area (Å²) in [5, 5.41) is 0. The maximum Gasteiger partial charge on any atom is 0.0319 e. The van der Waals surface area contributed by atoms with E-state index in [0.717, 1.165) is 5.54 Å². The molecule has 0 aromatic carbocycles. The summed E-state index contributed by atoms with van der Waals surface area (Å²) in [6.45, 7) is 14.7. The quantitative estimate of drug-likeness (QED) is 0.621. The highest BCUT2D eigenvalue weighted by atomic mass is 28.2. The van der Waals surface area contributed by atoms with Gasteiger partial charge in [-0.15, -0.1) is 0 Å². The normalized spacial score (nSPS) is 21.2.